The van der Waals surface area contributed by atoms with Crippen LogP contribution >= 0.6 is 0 Å². The van der Waals surface area contributed by atoms with E-state index in [2.05, 4.69) is 68.6 Å². The minimum atomic E-state index is 0.271. The molecule has 2 nitrogen and oxygen atoms in total. The molecule has 0 saturated carbocycles. The Morgan fingerprint density at radius 1 is 1.13 bits per heavy atom. The first-order valence-corrected chi connectivity index (χ1v) is 8.25. The normalized spacial score (nSPS) is 12.8. The molecule has 0 aliphatic rings. The van der Waals surface area contributed by atoms with Crippen molar-refractivity contribution in [3.63, 3.8) is 0 Å². The lowest BCUT2D eigenvalue weighted by atomic mass is 9.95. The second-order valence-electron chi connectivity index (χ2n) is 5.94. The van der Waals surface area contributed by atoms with Gasteiger partial charge in [0.05, 0.1) is 13.2 Å². The van der Waals surface area contributed by atoms with Gasteiger partial charge in [-0.3, -0.25) is 0 Å². The predicted molar refractivity (Wildman–Crippen MR) is 99.2 cm³/mol. The number of methoxy groups -OCH3 is 1. The van der Waals surface area contributed by atoms with Crippen molar-refractivity contribution in [2.75, 3.05) is 12.4 Å². The van der Waals surface area contributed by atoms with Crippen molar-refractivity contribution in [3.8, 4) is 5.75 Å². The van der Waals surface area contributed by atoms with Gasteiger partial charge in [-0.05, 0) is 62.1 Å². The van der Waals surface area contributed by atoms with E-state index in [1.54, 1.807) is 7.11 Å². The highest BCUT2D eigenvalue weighted by atomic mass is 16.5. The van der Waals surface area contributed by atoms with Gasteiger partial charge >= 0.3 is 0 Å². The number of allylic oxidation sites excluding steroid dienone is 1. The predicted octanol–water partition coefficient (Wildman–Crippen LogP) is 5.90. The van der Waals surface area contributed by atoms with Gasteiger partial charge in [-0.1, -0.05) is 42.8 Å². The highest BCUT2D eigenvalue weighted by Crippen LogP contribution is 2.29. The Balaban J connectivity index is 2.25. The third kappa shape index (κ3) is 4.88. The molecule has 0 heterocycles. The van der Waals surface area contributed by atoms with Gasteiger partial charge in [0.25, 0.3) is 0 Å². The van der Waals surface area contributed by atoms with Crippen LogP contribution < -0.4 is 10.1 Å². The largest absolute Gasteiger partial charge is 0.497 e. The molecule has 0 bridgehead atoms. The summed E-state index contributed by atoms with van der Waals surface area (Å²) in [5.41, 5.74) is 5.21. The molecule has 2 heteroatoms. The zero-order chi connectivity index (χ0) is 16.7. The van der Waals surface area contributed by atoms with Crippen LogP contribution in [-0.2, 0) is 0 Å². The van der Waals surface area contributed by atoms with E-state index in [-0.39, 0.29) is 6.04 Å². The molecular weight excluding hydrogens is 282 g/mol. The molecule has 0 aliphatic heterocycles. The number of hydrogen-bond donors (Lipinski definition) is 1. The molecule has 0 aromatic heterocycles. The van der Waals surface area contributed by atoms with Gasteiger partial charge in [-0.25, -0.2) is 0 Å². The highest BCUT2D eigenvalue weighted by Gasteiger charge is 2.14. The zero-order valence-electron chi connectivity index (χ0n) is 14.6. The van der Waals surface area contributed by atoms with Crippen LogP contribution in [0.1, 0.15) is 43.9 Å². The lowest BCUT2D eigenvalue weighted by Gasteiger charge is -2.23. The number of anilines is 1. The topological polar surface area (TPSA) is 21.3 Å². The first kappa shape index (κ1) is 17.1. The van der Waals surface area contributed by atoms with E-state index in [0.29, 0.717) is 0 Å². The van der Waals surface area contributed by atoms with Gasteiger partial charge in [-0.2, -0.15) is 0 Å². The van der Waals surface area contributed by atoms with E-state index in [9.17, 15) is 0 Å². The number of benzene rings is 2. The Morgan fingerprint density at radius 3 is 2.43 bits per heavy atom. The molecule has 0 aliphatic carbocycles. The zero-order valence-corrected chi connectivity index (χ0v) is 14.6. The Labute approximate surface area is 140 Å². The molecule has 0 fully saturated rings. The molecule has 122 valence electrons. The van der Waals surface area contributed by atoms with Crippen LogP contribution in [0.25, 0.3) is 0 Å². The third-order valence-electron chi connectivity index (χ3n) is 4.07. The molecule has 1 unspecified atom stereocenters. The van der Waals surface area contributed by atoms with E-state index in [4.69, 9.17) is 4.74 Å². The van der Waals surface area contributed by atoms with E-state index < -0.39 is 0 Å². The average Bonchev–Trinajstić information content (AvgIpc) is 2.55. The number of ether oxygens (including phenoxy) is 1. The molecule has 2 rings (SSSR count). The first-order valence-electron chi connectivity index (χ1n) is 8.25. The second kappa shape index (κ2) is 8.42. The maximum atomic E-state index is 5.24. The number of aryl methyl sites for hydroxylation is 1. The van der Waals surface area contributed by atoms with Crippen LogP contribution in [0.4, 0.5) is 5.69 Å². The van der Waals surface area contributed by atoms with Crippen molar-refractivity contribution in [1.82, 2.24) is 0 Å². The summed E-state index contributed by atoms with van der Waals surface area (Å²) >= 11 is 0. The summed E-state index contributed by atoms with van der Waals surface area (Å²) in [6.45, 7) is 6.57. The Bertz CT molecular complexity index is 643. The summed E-state index contributed by atoms with van der Waals surface area (Å²) in [7, 11) is 1.69. The summed E-state index contributed by atoms with van der Waals surface area (Å²) in [6, 6.07) is 17.0. The second-order valence-corrected chi connectivity index (χ2v) is 5.94. The maximum absolute atomic E-state index is 5.24. The van der Waals surface area contributed by atoms with Gasteiger partial charge < -0.3 is 10.1 Å². The molecule has 1 atom stereocenters. The summed E-state index contributed by atoms with van der Waals surface area (Å²) in [4.78, 5) is 0. The van der Waals surface area contributed by atoms with Gasteiger partial charge in [0.1, 0.15) is 5.75 Å². The lowest BCUT2D eigenvalue weighted by Crippen LogP contribution is -2.12. The third-order valence-corrected chi connectivity index (χ3v) is 4.07. The van der Waals surface area contributed by atoms with E-state index >= 15 is 0 Å². The molecule has 0 amide bonds. The van der Waals surface area contributed by atoms with Gasteiger partial charge in [0.2, 0.25) is 0 Å². The Kier molecular flexibility index (Phi) is 6.28. The van der Waals surface area contributed by atoms with Gasteiger partial charge in [0.15, 0.2) is 0 Å². The SMILES string of the molecule is CC/C=C(\C)CC(Nc1ccc(OC)cc1)c1ccccc1C. The quantitative estimate of drug-likeness (QED) is 0.643. The van der Waals surface area contributed by atoms with Crippen LogP contribution in [-0.4, -0.2) is 7.11 Å². The molecule has 23 heavy (non-hydrogen) atoms. The van der Waals surface area contributed by atoms with Crippen molar-refractivity contribution in [1.29, 1.82) is 0 Å². The smallest absolute Gasteiger partial charge is 0.119 e. The number of nitrogens with one attached hydrogen (secondary N) is 1. The van der Waals surface area contributed by atoms with Crippen LogP contribution in [0, 0.1) is 6.92 Å². The van der Waals surface area contributed by atoms with E-state index in [0.717, 1.165) is 24.3 Å². The maximum Gasteiger partial charge on any atom is 0.119 e. The van der Waals surface area contributed by atoms with E-state index in [1.807, 2.05) is 12.1 Å². The number of rotatable bonds is 7. The van der Waals surface area contributed by atoms with Crippen molar-refractivity contribution in [2.24, 2.45) is 0 Å². The lowest BCUT2D eigenvalue weighted by molar-refractivity contribution is 0.415. The fourth-order valence-electron chi connectivity index (χ4n) is 2.86. The molecule has 1 N–H and O–H groups in total. The van der Waals surface area contributed by atoms with Crippen molar-refractivity contribution in [2.45, 2.75) is 39.7 Å². The summed E-state index contributed by atoms with van der Waals surface area (Å²) < 4.78 is 5.24. The first-order chi connectivity index (χ1) is 11.1. The molecule has 2 aromatic rings. The molecule has 0 saturated heterocycles. The summed E-state index contributed by atoms with van der Waals surface area (Å²) in [5.74, 6) is 0.880. The summed E-state index contributed by atoms with van der Waals surface area (Å²) in [5, 5.41) is 3.68. The van der Waals surface area contributed by atoms with Crippen LogP contribution in [0.15, 0.2) is 60.2 Å². The van der Waals surface area contributed by atoms with Gasteiger partial charge in [-0.15, -0.1) is 0 Å². The van der Waals surface area contributed by atoms with Crippen molar-refractivity contribution >= 4 is 5.69 Å². The molecule has 0 spiro atoms. The van der Waals surface area contributed by atoms with Crippen molar-refractivity contribution in [3.05, 3.63) is 71.3 Å². The Hall–Kier alpha value is -2.22. The highest BCUT2D eigenvalue weighted by molar-refractivity contribution is 5.49. The molecule has 0 radical (unpaired) electrons. The minimum absolute atomic E-state index is 0.271. The molecule has 2 aromatic carbocycles. The van der Waals surface area contributed by atoms with Gasteiger partial charge in [0, 0.05) is 5.69 Å². The standard InChI is InChI=1S/C21H27NO/c1-5-8-16(2)15-21(20-10-7-6-9-17(20)3)22-18-11-13-19(23-4)14-12-18/h6-14,21-22H,5,15H2,1-4H3/b16-8+. The fourth-order valence-corrected chi connectivity index (χ4v) is 2.86. The average molecular weight is 309 g/mol. The molecular formula is C21H27NO. The minimum Gasteiger partial charge on any atom is -0.497 e. The Morgan fingerprint density at radius 2 is 1.83 bits per heavy atom. The fraction of sp³-hybridized carbons (Fsp3) is 0.333. The van der Waals surface area contributed by atoms with Crippen molar-refractivity contribution < 1.29 is 4.74 Å². The van der Waals surface area contributed by atoms with Crippen LogP contribution in [0.3, 0.4) is 0 Å². The number of hydrogen-bond acceptors (Lipinski definition) is 2. The van der Waals surface area contributed by atoms with E-state index in [1.165, 1.54) is 16.7 Å². The van der Waals surface area contributed by atoms with Crippen LogP contribution in [0.2, 0.25) is 0 Å². The van der Waals surface area contributed by atoms with Crippen LogP contribution in [0.5, 0.6) is 5.75 Å². The summed E-state index contributed by atoms with van der Waals surface area (Å²) in [6.07, 6.45) is 4.39. The monoisotopic (exact) mass is 309 g/mol.